The number of rotatable bonds is 5. The number of amides is 1. The third-order valence-electron chi connectivity index (χ3n) is 5.43. The molecule has 1 aromatic carbocycles. The summed E-state index contributed by atoms with van der Waals surface area (Å²) in [5.74, 6) is 0.764. The molecule has 6 nitrogen and oxygen atoms in total. The van der Waals surface area contributed by atoms with E-state index in [1.54, 1.807) is 6.20 Å². The highest BCUT2D eigenvalue weighted by molar-refractivity contribution is 5.97. The molecule has 3 aromatic heterocycles. The summed E-state index contributed by atoms with van der Waals surface area (Å²) in [5.41, 5.74) is 5.25. The highest BCUT2D eigenvalue weighted by Crippen LogP contribution is 2.35. The number of hydrogen-bond donors (Lipinski definition) is 3. The van der Waals surface area contributed by atoms with Gasteiger partial charge in [-0.25, -0.2) is 4.98 Å². The van der Waals surface area contributed by atoms with Gasteiger partial charge in [-0.1, -0.05) is 32.9 Å². The third kappa shape index (κ3) is 4.49. The van der Waals surface area contributed by atoms with E-state index in [0.29, 0.717) is 0 Å². The average molecular weight is 428 g/mol. The topological polar surface area (TPSA) is 82.7 Å². The Hall–Kier alpha value is -3.67. The summed E-state index contributed by atoms with van der Waals surface area (Å²) in [4.78, 5) is 25.3. The predicted molar refractivity (Wildman–Crippen MR) is 130 cm³/mol. The number of anilines is 2. The van der Waals surface area contributed by atoms with Gasteiger partial charge in [-0.15, -0.1) is 0 Å². The molecule has 0 aliphatic carbocycles. The van der Waals surface area contributed by atoms with Crippen molar-refractivity contribution in [2.45, 2.75) is 40.7 Å². The Morgan fingerprint density at radius 2 is 1.84 bits per heavy atom. The largest absolute Gasteiger partial charge is 0.358 e. The molecule has 1 amide bonds. The second-order valence-corrected chi connectivity index (χ2v) is 9.12. The van der Waals surface area contributed by atoms with E-state index in [1.807, 2.05) is 82.3 Å². The van der Waals surface area contributed by atoms with Crippen molar-refractivity contribution in [1.29, 1.82) is 0 Å². The molecule has 0 bridgehead atoms. The smallest absolute Gasteiger partial charge is 0.229 e. The summed E-state index contributed by atoms with van der Waals surface area (Å²) in [7, 11) is 0. The number of aryl methyl sites for hydroxylation is 2. The first-order valence-electron chi connectivity index (χ1n) is 10.8. The molecule has 32 heavy (non-hydrogen) atoms. The number of H-pyrrole nitrogens is 1. The maximum atomic E-state index is 12.5. The van der Waals surface area contributed by atoms with E-state index in [4.69, 9.17) is 0 Å². The van der Waals surface area contributed by atoms with Crippen molar-refractivity contribution in [3.63, 3.8) is 0 Å². The SMILES string of the molecule is Cc1cccc(N[C@@H](c2ccccn2)c2c(C)[nH]c3ccc(NC(=O)C(C)(C)C)cc23)n1. The van der Waals surface area contributed by atoms with Crippen molar-refractivity contribution >= 4 is 28.3 Å². The van der Waals surface area contributed by atoms with E-state index < -0.39 is 5.41 Å². The van der Waals surface area contributed by atoms with Gasteiger partial charge in [-0.3, -0.25) is 9.78 Å². The molecule has 4 rings (SSSR count). The number of pyridine rings is 2. The number of carbonyl (C=O) groups excluding carboxylic acids is 1. The molecule has 0 saturated heterocycles. The highest BCUT2D eigenvalue weighted by Gasteiger charge is 2.24. The number of aromatic amines is 1. The van der Waals surface area contributed by atoms with Crippen LogP contribution in [0, 0.1) is 19.3 Å². The Balaban J connectivity index is 1.81. The van der Waals surface area contributed by atoms with Gasteiger partial charge in [0.05, 0.1) is 11.7 Å². The van der Waals surface area contributed by atoms with Gasteiger partial charge >= 0.3 is 0 Å². The van der Waals surface area contributed by atoms with E-state index in [9.17, 15) is 4.79 Å². The van der Waals surface area contributed by atoms with Crippen molar-refractivity contribution < 1.29 is 4.79 Å². The number of hydrogen-bond acceptors (Lipinski definition) is 4. The van der Waals surface area contributed by atoms with Crippen molar-refractivity contribution in [3.8, 4) is 0 Å². The molecular weight excluding hydrogens is 398 g/mol. The maximum Gasteiger partial charge on any atom is 0.229 e. The Morgan fingerprint density at radius 1 is 1.03 bits per heavy atom. The molecular formula is C26H29N5O. The van der Waals surface area contributed by atoms with Gasteiger partial charge in [0, 0.05) is 45.2 Å². The van der Waals surface area contributed by atoms with Gasteiger partial charge in [0.15, 0.2) is 0 Å². The molecule has 4 aromatic rings. The van der Waals surface area contributed by atoms with Crippen LogP contribution in [-0.4, -0.2) is 20.9 Å². The summed E-state index contributed by atoms with van der Waals surface area (Å²) in [5, 5.41) is 7.65. The molecule has 0 saturated carbocycles. The van der Waals surface area contributed by atoms with E-state index in [0.717, 1.165) is 45.1 Å². The molecule has 0 fully saturated rings. The maximum absolute atomic E-state index is 12.5. The Morgan fingerprint density at radius 3 is 2.53 bits per heavy atom. The number of benzene rings is 1. The van der Waals surface area contributed by atoms with Crippen LogP contribution in [-0.2, 0) is 4.79 Å². The molecule has 3 heterocycles. The van der Waals surface area contributed by atoms with Crippen molar-refractivity contribution in [2.24, 2.45) is 5.41 Å². The molecule has 0 radical (unpaired) electrons. The summed E-state index contributed by atoms with van der Waals surface area (Å²) in [6.45, 7) is 9.75. The normalized spacial score (nSPS) is 12.5. The predicted octanol–water partition coefficient (Wildman–Crippen LogP) is 5.76. The number of nitrogens with one attached hydrogen (secondary N) is 3. The zero-order valence-corrected chi connectivity index (χ0v) is 19.2. The monoisotopic (exact) mass is 427 g/mol. The van der Waals surface area contributed by atoms with Crippen LogP contribution in [0.4, 0.5) is 11.5 Å². The zero-order valence-electron chi connectivity index (χ0n) is 19.2. The van der Waals surface area contributed by atoms with Crippen LogP contribution >= 0.6 is 0 Å². The van der Waals surface area contributed by atoms with E-state index in [-0.39, 0.29) is 11.9 Å². The minimum atomic E-state index is -0.471. The number of nitrogens with zero attached hydrogens (tertiary/aromatic N) is 2. The van der Waals surface area contributed by atoms with Gasteiger partial charge in [-0.2, -0.15) is 0 Å². The molecule has 164 valence electrons. The fraction of sp³-hybridized carbons (Fsp3) is 0.269. The molecule has 6 heteroatoms. The zero-order chi connectivity index (χ0) is 22.9. The number of carbonyl (C=O) groups is 1. The van der Waals surface area contributed by atoms with Crippen LogP contribution in [0.5, 0.6) is 0 Å². The van der Waals surface area contributed by atoms with Crippen LogP contribution in [0.1, 0.15) is 49.5 Å². The number of fused-ring (bicyclic) bond motifs is 1. The first-order valence-corrected chi connectivity index (χ1v) is 10.8. The summed E-state index contributed by atoms with van der Waals surface area (Å²) in [6, 6.07) is 17.6. The fourth-order valence-corrected chi connectivity index (χ4v) is 3.73. The van der Waals surface area contributed by atoms with Gasteiger partial charge < -0.3 is 15.6 Å². The first kappa shape index (κ1) is 21.6. The Labute approximate surface area is 188 Å². The van der Waals surface area contributed by atoms with Crippen LogP contribution in [0.25, 0.3) is 10.9 Å². The lowest BCUT2D eigenvalue weighted by Gasteiger charge is -2.21. The molecule has 0 spiro atoms. The summed E-state index contributed by atoms with van der Waals surface area (Å²) >= 11 is 0. The van der Waals surface area contributed by atoms with Crippen LogP contribution in [0.3, 0.4) is 0 Å². The lowest BCUT2D eigenvalue weighted by atomic mass is 9.95. The number of aromatic nitrogens is 3. The molecule has 3 N–H and O–H groups in total. The Kier molecular flexibility index (Phi) is 5.70. The van der Waals surface area contributed by atoms with Gasteiger partial charge in [-0.05, 0) is 56.3 Å². The highest BCUT2D eigenvalue weighted by atomic mass is 16.2. The van der Waals surface area contributed by atoms with E-state index in [2.05, 4.69) is 32.5 Å². The van der Waals surface area contributed by atoms with Crippen LogP contribution in [0.2, 0.25) is 0 Å². The molecule has 1 atom stereocenters. The molecule has 0 aliphatic heterocycles. The standard InChI is InChI=1S/C26H29N5O/c1-16-9-8-11-22(28-16)31-24(21-10-6-7-14-27-21)23-17(2)29-20-13-12-18(15-19(20)23)30-25(32)26(3,4)5/h6-15,24,29H,1-5H3,(H,28,31)(H,30,32)/t24-/m0/s1. The summed E-state index contributed by atoms with van der Waals surface area (Å²) < 4.78 is 0. The van der Waals surface area contributed by atoms with Crippen LogP contribution in [0.15, 0.2) is 60.8 Å². The fourth-order valence-electron chi connectivity index (χ4n) is 3.73. The van der Waals surface area contributed by atoms with Crippen molar-refractivity contribution in [3.05, 3.63) is 83.4 Å². The van der Waals surface area contributed by atoms with E-state index >= 15 is 0 Å². The van der Waals surface area contributed by atoms with Gasteiger partial charge in [0.25, 0.3) is 0 Å². The second-order valence-electron chi connectivity index (χ2n) is 9.12. The summed E-state index contributed by atoms with van der Waals surface area (Å²) in [6.07, 6.45) is 1.80. The van der Waals surface area contributed by atoms with Crippen molar-refractivity contribution in [2.75, 3.05) is 10.6 Å². The van der Waals surface area contributed by atoms with Crippen LogP contribution < -0.4 is 10.6 Å². The minimum absolute atomic E-state index is 0.0194. The Bertz CT molecular complexity index is 1250. The third-order valence-corrected chi connectivity index (χ3v) is 5.43. The minimum Gasteiger partial charge on any atom is -0.358 e. The average Bonchev–Trinajstić information content (AvgIpc) is 3.07. The lowest BCUT2D eigenvalue weighted by molar-refractivity contribution is -0.123. The van der Waals surface area contributed by atoms with Gasteiger partial charge in [0.1, 0.15) is 5.82 Å². The molecule has 0 unspecified atom stereocenters. The quantitative estimate of drug-likeness (QED) is 0.378. The van der Waals surface area contributed by atoms with E-state index in [1.165, 1.54) is 0 Å². The lowest BCUT2D eigenvalue weighted by Crippen LogP contribution is -2.27. The van der Waals surface area contributed by atoms with Crippen molar-refractivity contribution in [1.82, 2.24) is 15.0 Å². The van der Waals surface area contributed by atoms with Gasteiger partial charge in [0.2, 0.25) is 5.91 Å². The second kappa shape index (κ2) is 8.46. The molecule has 0 aliphatic rings. The first-order chi connectivity index (χ1) is 15.2.